The number of nitrogens with zero attached hydrogens (tertiary/aromatic N) is 2. The summed E-state index contributed by atoms with van der Waals surface area (Å²) in [5, 5.41) is 4.39. The molecule has 0 saturated carbocycles. The van der Waals surface area contributed by atoms with Crippen LogP contribution >= 0.6 is 15.9 Å². The lowest BCUT2D eigenvalue weighted by Gasteiger charge is -2.22. The zero-order valence-corrected chi connectivity index (χ0v) is 11.3. The first-order chi connectivity index (χ1) is 7.48. The van der Waals surface area contributed by atoms with Crippen molar-refractivity contribution in [3.8, 4) is 11.3 Å². The highest BCUT2D eigenvalue weighted by Crippen LogP contribution is 2.26. The van der Waals surface area contributed by atoms with E-state index in [9.17, 15) is 0 Å². The lowest BCUT2D eigenvalue weighted by Crippen LogP contribution is -2.23. The van der Waals surface area contributed by atoms with Gasteiger partial charge in [0.2, 0.25) is 0 Å². The highest BCUT2D eigenvalue weighted by atomic mass is 79.9. The van der Waals surface area contributed by atoms with Crippen LogP contribution in [0.4, 0.5) is 0 Å². The average molecular weight is 279 g/mol. The first-order valence-corrected chi connectivity index (χ1v) is 6.08. The van der Waals surface area contributed by atoms with E-state index in [0.717, 1.165) is 10.2 Å². The van der Waals surface area contributed by atoms with Crippen LogP contribution in [0.1, 0.15) is 20.8 Å². The van der Waals surface area contributed by atoms with Crippen molar-refractivity contribution in [2.45, 2.75) is 26.3 Å². The van der Waals surface area contributed by atoms with Crippen molar-refractivity contribution >= 4 is 15.9 Å². The van der Waals surface area contributed by atoms with Gasteiger partial charge in [-0.2, -0.15) is 5.10 Å². The van der Waals surface area contributed by atoms with Gasteiger partial charge in [0.25, 0.3) is 0 Å². The Morgan fingerprint density at radius 1 is 1.06 bits per heavy atom. The summed E-state index contributed by atoms with van der Waals surface area (Å²) in [5.74, 6) is 0. The molecule has 0 aliphatic rings. The molecule has 1 aromatic heterocycles. The van der Waals surface area contributed by atoms with Gasteiger partial charge in [-0.3, -0.25) is 4.68 Å². The van der Waals surface area contributed by atoms with Crippen molar-refractivity contribution in [2.24, 2.45) is 0 Å². The summed E-state index contributed by atoms with van der Waals surface area (Å²) >= 11 is 3.44. The minimum Gasteiger partial charge on any atom is -0.260 e. The predicted octanol–water partition coefficient (Wildman–Crippen LogP) is 4.07. The fourth-order valence-electron chi connectivity index (χ4n) is 1.68. The molecule has 0 aliphatic carbocycles. The normalized spacial score (nSPS) is 11.8. The summed E-state index contributed by atoms with van der Waals surface area (Å²) in [7, 11) is 0. The van der Waals surface area contributed by atoms with Crippen LogP contribution in [0.3, 0.4) is 0 Å². The fraction of sp³-hybridized carbons (Fsp3) is 0.308. The van der Waals surface area contributed by atoms with E-state index < -0.39 is 0 Å². The molecule has 2 rings (SSSR count). The van der Waals surface area contributed by atoms with Crippen molar-refractivity contribution in [3.05, 3.63) is 41.0 Å². The number of rotatable bonds is 1. The summed E-state index contributed by atoms with van der Waals surface area (Å²) in [6.07, 6.45) is 1.85. The van der Waals surface area contributed by atoms with Crippen LogP contribution in [0.5, 0.6) is 0 Å². The molecule has 1 aromatic carbocycles. The van der Waals surface area contributed by atoms with Gasteiger partial charge in [0.05, 0.1) is 11.2 Å². The topological polar surface area (TPSA) is 17.8 Å². The van der Waals surface area contributed by atoms with Crippen LogP contribution in [0.25, 0.3) is 11.3 Å². The lowest BCUT2D eigenvalue weighted by molar-refractivity contribution is 0.360. The lowest BCUT2D eigenvalue weighted by atomic mass is 10.1. The number of halogens is 1. The maximum atomic E-state index is 4.39. The van der Waals surface area contributed by atoms with Gasteiger partial charge in [0.1, 0.15) is 0 Å². The standard InChI is InChI=1S/C13H15BrN2/c1-13(2,3)16-12(8-9-15-16)10-4-6-11(14)7-5-10/h4-9H,1-3H3. The van der Waals surface area contributed by atoms with Crippen LogP contribution < -0.4 is 0 Å². The number of aromatic nitrogens is 2. The van der Waals surface area contributed by atoms with Crippen molar-refractivity contribution in [2.75, 3.05) is 0 Å². The Labute approximate surface area is 104 Å². The van der Waals surface area contributed by atoms with E-state index in [4.69, 9.17) is 0 Å². The van der Waals surface area contributed by atoms with E-state index in [1.807, 2.05) is 6.20 Å². The molecule has 2 aromatic rings. The van der Waals surface area contributed by atoms with Gasteiger partial charge in [0.15, 0.2) is 0 Å². The molecule has 0 aliphatic heterocycles. The Morgan fingerprint density at radius 3 is 2.25 bits per heavy atom. The molecule has 0 bridgehead atoms. The van der Waals surface area contributed by atoms with Gasteiger partial charge in [-0.05, 0) is 44.5 Å². The molecule has 3 heteroatoms. The fourth-order valence-corrected chi connectivity index (χ4v) is 1.94. The van der Waals surface area contributed by atoms with Gasteiger partial charge in [0, 0.05) is 10.7 Å². The van der Waals surface area contributed by atoms with Gasteiger partial charge in [-0.15, -0.1) is 0 Å². The molecule has 0 radical (unpaired) electrons. The molecule has 84 valence electrons. The molecule has 1 heterocycles. The van der Waals surface area contributed by atoms with E-state index in [1.54, 1.807) is 0 Å². The highest BCUT2D eigenvalue weighted by Gasteiger charge is 2.17. The molecule has 0 atom stereocenters. The van der Waals surface area contributed by atoms with E-state index >= 15 is 0 Å². The Balaban J connectivity index is 2.49. The van der Waals surface area contributed by atoms with Crippen LogP contribution in [0.15, 0.2) is 41.0 Å². The summed E-state index contributed by atoms with van der Waals surface area (Å²) in [5.41, 5.74) is 2.35. The largest absolute Gasteiger partial charge is 0.260 e. The summed E-state index contributed by atoms with van der Waals surface area (Å²) in [6, 6.07) is 10.4. The molecule has 0 saturated heterocycles. The Bertz CT molecular complexity index is 477. The Hall–Kier alpha value is -1.09. The van der Waals surface area contributed by atoms with E-state index in [-0.39, 0.29) is 5.54 Å². The van der Waals surface area contributed by atoms with E-state index in [0.29, 0.717) is 0 Å². The second kappa shape index (κ2) is 4.06. The molecular weight excluding hydrogens is 264 g/mol. The maximum Gasteiger partial charge on any atom is 0.0688 e. The monoisotopic (exact) mass is 278 g/mol. The van der Waals surface area contributed by atoms with Crippen LogP contribution in [-0.2, 0) is 5.54 Å². The molecule has 0 unspecified atom stereocenters. The summed E-state index contributed by atoms with van der Waals surface area (Å²) in [4.78, 5) is 0. The summed E-state index contributed by atoms with van der Waals surface area (Å²) in [6.45, 7) is 6.47. The SMILES string of the molecule is CC(C)(C)n1nccc1-c1ccc(Br)cc1. The zero-order valence-electron chi connectivity index (χ0n) is 9.74. The third kappa shape index (κ3) is 2.19. The number of benzene rings is 1. The van der Waals surface area contributed by atoms with Gasteiger partial charge >= 0.3 is 0 Å². The molecule has 0 spiro atoms. The van der Waals surface area contributed by atoms with Crippen molar-refractivity contribution in [1.82, 2.24) is 9.78 Å². The number of hydrogen-bond acceptors (Lipinski definition) is 1. The molecule has 0 N–H and O–H groups in total. The second-order valence-electron chi connectivity index (χ2n) is 4.81. The minimum absolute atomic E-state index is 0.00586. The Kier molecular flexibility index (Phi) is 2.89. The predicted molar refractivity (Wildman–Crippen MR) is 70.4 cm³/mol. The van der Waals surface area contributed by atoms with Gasteiger partial charge < -0.3 is 0 Å². The van der Waals surface area contributed by atoms with Crippen LogP contribution in [-0.4, -0.2) is 9.78 Å². The van der Waals surface area contributed by atoms with E-state index in [2.05, 4.69) is 76.8 Å². The first-order valence-electron chi connectivity index (χ1n) is 5.29. The molecule has 0 amide bonds. The molecular formula is C13H15BrN2. The van der Waals surface area contributed by atoms with Crippen LogP contribution in [0.2, 0.25) is 0 Å². The summed E-state index contributed by atoms with van der Waals surface area (Å²) < 4.78 is 3.15. The third-order valence-electron chi connectivity index (χ3n) is 2.42. The van der Waals surface area contributed by atoms with E-state index in [1.165, 1.54) is 5.56 Å². The van der Waals surface area contributed by atoms with Gasteiger partial charge in [-0.25, -0.2) is 0 Å². The zero-order chi connectivity index (χ0) is 11.8. The molecule has 16 heavy (non-hydrogen) atoms. The van der Waals surface area contributed by atoms with Crippen molar-refractivity contribution in [3.63, 3.8) is 0 Å². The average Bonchev–Trinajstić information content (AvgIpc) is 2.66. The maximum absolute atomic E-state index is 4.39. The highest BCUT2D eigenvalue weighted by molar-refractivity contribution is 9.10. The Morgan fingerprint density at radius 2 is 1.69 bits per heavy atom. The second-order valence-corrected chi connectivity index (χ2v) is 5.72. The quantitative estimate of drug-likeness (QED) is 0.769. The molecule has 2 nitrogen and oxygen atoms in total. The van der Waals surface area contributed by atoms with Crippen LogP contribution in [0, 0.1) is 0 Å². The number of hydrogen-bond donors (Lipinski definition) is 0. The first kappa shape index (κ1) is 11.4. The third-order valence-corrected chi connectivity index (χ3v) is 2.95. The van der Waals surface area contributed by atoms with Crippen molar-refractivity contribution in [1.29, 1.82) is 0 Å². The van der Waals surface area contributed by atoms with Gasteiger partial charge in [-0.1, -0.05) is 28.1 Å². The van der Waals surface area contributed by atoms with Crippen molar-refractivity contribution < 1.29 is 0 Å². The molecule has 0 fully saturated rings. The smallest absolute Gasteiger partial charge is 0.0688 e. The minimum atomic E-state index is 0.00586.